The standard InChI is InChI=1S/C25H24N2O3/c1-3-30-21-10-11-22-19(14-21)13-20(25(28)27-22)16-26-23-15-18(9-12-24(23)29-2)17-7-5-4-6-8-17/h4-15,26H,3,16H2,1-2H3,(H,27,28). The number of aromatic nitrogens is 1. The Kier molecular flexibility index (Phi) is 5.70. The van der Waals surface area contributed by atoms with Gasteiger partial charge in [0.25, 0.3) is 5.56 Å². The fraction of sp³-hybridized carbons (Fsp3) is 0.160. The molecule has 2 N–H and O–H groups in total. The van der Waals surface area contributed by atoms with Crippen molar-refractivity contribution in [1.29, 1.82) is 0 Å². The zero-order chi connectivity index (χ0) is 20.9. The van der Waals surface area contributed by atoms with Gasteiger partial charge in [0.15, 0.2) is 0 Å². The first-order valence-corrected chi connectivity index (χ1v) is 9.94. The minimum absolute atomic E-state index is 0.114. The summed E-state index contributed by atoms with van der Waals surface area (Å²) < 4.78 is 11.1. The quantitative estimate of drug-likeness (QED) is 0.447. The van der Waals surface area contributed by atoms with E-state index >= 15 is 0 Å². The predicted octanol–water partition coefficient (Wildman–Crippen LogP) is 5.21. The summed E-state index contributed by atoms with van der Waals surface area (Å²) in [4.78, 5) is 15.5. The summed E-state index contributed by atoms with van der Waals surface area (Å²) in [5.74, 6) is 1.51. The van der Waals surface area contributed by atoms with Gasteiger partial charge < -0.3 is 19.8 Å². The second-order valence-corrected chi connectivity index (χ2v) is 6.94. The predicted molar refractivity (Wildman–Crippen MR) is 121 cm³/mol. The molecule has 0 aliphatic carbocycles. The van der Waals surface area contributed by atoms with Crippen molar-refractivity contribution in [2.45, 2.75) is 13.5 Å². The van der Waals surface area contributed by atoms with Gasteiger partial charge in [0.2, 0.25) is 0 Å². The van der Waals surface area contributed by atoms with E-state index in [1.54, 1.807) is 7.11 Å². The fourth-order valence-electron chi connectivity index (χ4n) is 3.46. The Hall–Kier alpha value is -3.73. The maximum absolute atomic E-state index is 12.5. The molecule has 0 saturated heterocycles. The fourth-order valence-corrected chi connectivity index (χ4v) is 3.46. The van der Waals surface area contributed by atoms with Crippen LogP contribution < -0.4 is 20.3 Å². The van der Waals surface area contributed by atoms with Gasteiger partial charge in [0.1, 0.15) is 11.5 Å². The van der Waals surface area contributed by atoms with Crippen LogP contribution in [0.1, 0.15) is 12.5 Å². The Balaban J connectivity index is 1.63. The third-order valence-electron chi connectivity index (χ3n) is 4.98. The molecule has 1 heterocycles. The molecule has 0 amide bonds. The first kappa shape index (κ1) is 19.6. The normalized spacial score (nSPS) is 10.7. The van der Waals surface area contributed by atoms with E-state index in [9.17, 15) is 4.79 Å². The van der Waals surface area contributed by atoms with Gasteiger partial charge in [0.05, 0.1) is 19.4 Å². The van der Waals surface area contributed by atoms with Crippen molar-refractivity contribution in [3.05, 3.63) is 88.7 Å². The van der Waals surface area contributed by atoms with Crippen LogP contribution in [0.5, 0.6) is 11.5 Å². The number of fused-ring (bicyclic) bond motifs is 1. The average molecular weight is 400 g/mol. The number of H-pyrrole nitrogens is 1. The van der Waals surface area contributed by atoms with Crippen LogP contribution in [-0.4, -0.2) is 18.7 Å². The lowest BCUT2D eigenvalue weighted by Crippen LogP contribution is -2.16. The molecule has 0 bridgehead atoms. The highest BCUT2D eigenvalue weighted by molar-refractivity contribution is 5.80. The van der Waals surface area contributed by atoms with Crippen molar-refractivity contribution in [3.63, 3.8) is 0 Å². The number of anilines is 1. The van der Waals surface area contributed by atoms with E-state index in [0.717, 1.165) is 39.2 Å². The van der Waals surface area contributed by atoms with E-state index in [4.69, 9.17) is 9.47 Å². The third-order valence-corrected chi connectivity index (χ3v) is 4.98. The van der Waals surface area contributed by atoms with Gasteiger partial charge in [-0.05, 0) is 54.4 Å². The molecule has 5 heteroatoms. The van der Waals surface area contributed by atoms with E-state index < -0.39 is 0 Å². The van der Waals surface area contributed by atoms with Crippen LogP contribution in [0.4, 0.5) is 5.69 Å². The van der Waals surface area contributed by atoms with Crippen molar-refractivity contribution >= 4 is 16.6 Å². The molecule has 1 aromatic heterocycles. The van der Waals surface area contributed by atoms with Gasteiger partial charge in [-0.1, -0.05) is 36.4 Å². The zero-order valence-electron chi connectivity index (χ0n) is 17.1. The molecule has 0 saturated carbocycles. The Morgan fingerprint density at radius 2 is 1.77 bits per heavy atom. The second-order valence-electron chi connectivity index (χ2n) is 6.94. The Morgan fingerprint density at radius 1 is 0.933 bits per heavy atom. The van der Waals surface area contributed by atoms with E-state index in [2.05, 4.69) is 22.4 Å². The molecule has 0 spiro atoms. The summed E-state index contributed by atoms with van der Waals surface area (Å²) in [6.45, 7) is 2.92. The first-order chi connectivity index (χ1) is 14.7. The molecule has 4 rings (SSSR count). The molecule has 0 unspecified atom stereocenters. The minimum Gasteiger partial charge on any atom is -0.495 e. The van der Waals surface area contributed by atoms with Crippen LogP contribution in [0.2, 0.25) is 0 Å². The van der Waals surface area contributed by atoms with Crippen molar-refractivity contribution in [3.8, 4) is 22.6 Å². The van der Waals surface area contributed by atoms with Gasteiger partial charge in [-0.3, -0.25) is 4.79 Å². The average Bonchev–Trinajstić information content (AvgIpc) is 2.78. The smallest absolute Gasteiger partial charge is 0.253 e. The Bertz CT molecular complexity index is 1220. The number of rotatable bonds is 7. The van der Waals surface area contributed by atoms with Crippen LogP contribution in [0.3, 0.4) is 0 Å². The summed E-state index contributed by atoms with van der Waals surface area (Å²) in [5, 5.41) is 4.29. The van der Waals surface area contributed by atoms with Gasteiger partial charge in [-0.2, -0.15) is 0 Å². The highest BCUT2D eigenvalue weighted by Gasteiger charge is 2.09. The van der Waals surface area contributed by atoms with E-state index in [1.807, 2.05) is 67.6 Å². The largest absolute Gasteiger partial charge is 0.495 e. The maximum atomic E-state index is 12.5. The summed E-state index contributed by atoms with van der Waals surface area (Å²) in [6.07, 6.45) is 0. The van der Waals surface area contributed by atoms with Crippen LogP contribution in [0.15, 0.2) is 77.6 Å². The van der Waals surface area contributed by atoms with Gasteiger partial charge in [-0.15, -0.1) is 0 Å². The van der Waals surface area contributed by atoms with Crippen LogP contribution in [0.25, 0.3) is 22.0 Å². The zero-order valence-corrected chi connectivity index (χ0v) is 17.1. The monoisotopic (exact) mass is 400 g/mol. The number of nitrogens with one attached hydrogen (secondary N) is 2. The number of methoxy groups -OCH3 is 1. The summed E-state index contributed by atoms with van der Waals surface area (Å²) in [7, 11) is 1.64. The van der Waals surface area contributed by atoms with Gasteiger partial charge in [0, 0.05) is 23.0 Å². The summed E-state index contributed by atoms with van der Waals surface area (Å²) in [5.41, 5.74) is 4.35. The van der Waals surface area contributed by atoms with Crippen molar-refractivity contribution in [1.82, 2.24) is 4.98 Å². The molecule has 5 nitrogen and oxygen atoms in total. The van der Waals surface area contributed by atoms with Crippen molar-refractivity contribution < 1.29 is 9.47 Å². The molecule has 0 atom stereocenters. The molecule has 0 aliphatic rings. The molecule has 30 heavy (non-hydrogen) atoms. The van der Waals surface area contributed by atoms with Crippen molar-refractivity contribution in [2.24, 2.45) is 0 Å². The molecule has 0 aliphatic heterocycles. The molecular weight excluding hydrogens is 376 g/mol. The number of ether oxygens (including phenoxy) is 2. The lowest BCUT2D eigenvalue weighted by Gasteiger charge is -2.13. The maximum Gasteiger partial charge on any atom is 0.253 e. The molecule has 0 fully saturated rings. The Labute approximate surface area is 175 Å². The molecule has 0 radical (unpaired) electrons. The van der Waals surface area contributed by atoms with E-state index in [1.165, 1.54) is 0 Å². The molecule has 4 aromatic rings. The first-order valence-electron chi connectivity index (χ1n) is 9.94. The lowest BCUT2D eigenvalue weighted by molar-refractivity contribution is 0.340. The van der Waals surface area contributed by atoms with Gasteiger partial charge in [-0.25, -0.2) is 0 Å². The van der Waals surface area contributed by atoms with Gasteiger partial charge >= 0.3 is 0 Å². The number of benzene rings is 3. The van der Waals surface area contributed by atoms with Crippen LogP contribution in [0, 0.1) is 0 Å². The minimum atomic E-state index is -0.114. The van der Waals surface area contributed by atoms with Crippen LogP contribution in [-0.2, 0) is 6.54 Å². The Morgan fingerprint density at radius 3 is 2.53 bits per heavy atom. The highest BCUT2D eigenvalue weighted by Crippen LogP contribution is 2.31. The molecule has 3 aromatic carbocycles. The lowest BCUT2D eigenvalue weighted by atomic mass is 10.0. The summed E-state index contributed by atoms with van der Waals surface area (Å²) >= 11 is 0. The van der Waals surface area contributed by atoms with E-state index in [0.29, 0.717) is 18.7 Å². The third kappa shape index (κ3) is 4.15. The highest BCUT2D eigenvalue weighted by atomic mass is 16.5. The second kappa shape index (κ2) is 8.74. The number of pyridine rings is 1. The van der Waals surface area contributed by atoms with Crippen LogP contribution >= 0.6 is 0 Å². The topological polar surface area (TPSA) is 63.4 Å². The van der Waals surface area contributed by atoms with E-state index in [-0.39, 0.29) is 5.56 Å². The number of aromatic amines is 1. The SMILES string of the molecule is CCOc1ccc2[nH]c(=O)c(CNc3cc(-c4ccccc4)ccc3OC)cc2c1. The number of hydrogen-bond acceptors (Lipinski definition) is 4. The van der Waals surface area contributed by atoms with Crippen molar-refractivity contribution in [2.75, 3.05) is 19.0 Å². The summed E-state index contributed by atoms with van der Waals surface area (Å²) in [6, 6.07) is 23.7. The number of hydrogen-bond donors (Lipinski definition) is 2. The molecular formula is C25H24N2O3. The molecule has 152 valence electrons.